The number of halogens is 4. The van der Waals surface area contributed by atoms with Crippen LogP contribution in [-0.4, -0.2) is 15.7 Å². The van der Waals surface area contributed by atoms with Crippen LogP contribution >= 0.6 is 0 Å². The summed E-state index contributed by atoms with van der Waals surface area (Å²) in [6, 6.07) is 4.48. The van der Waals surface area contributed by atoms with Crippen LogP contribution in [0.4, 0.5) is 23.2 Å². The third kappa shape index (κ3) is 3.32. The van der Waals surface area contributed by atoms with Crippen molar-refractivity contribution in [3.05, 3.63) is 59.4 Å². The highest BCUT2D eigenvalue weighted by molar-refractivity contribution is 6.05. The first kappa shape index (κ1) is 17.7. The van der Waals surface area contributed by atoms with E-state index >= 15 is 0 Å². The van der Waals surface area contributed by atoms with Gasteiger partial charge < -0.3 is 9.73 Å². The molecule has 0 aliphatic rings. The maximum absolute atomic E-state index is 14.4. The van der Waals surface area contributed by atoms with Crippen molar-refractivity contribution in [1.82, 2.24) is 9.78 Å². The molecule has 26 heavy (non-hydrogen) atoms. The Balaban J connectivity index is 1.88. The Bertz CT molecular complexity index is 973. The summed E-state index contributed by atoms with van der Waals surface area (Å²) in [5.74, 6) is -1.27. The molecular weight excluding hydrogens is 354 g/mol. The molecule has 3 aromatic rings. The predicted octanol–water partition coefficient (Wildman–Crippen LogP) is 4.40. The zero-order valence-corrected chi connectivity index (χ0v) is 13.7. The molecule has 136 valence electrons. The number of nitrogens with one attached hydrogen (secondary N) is 1. The number of hydrogen-bond acceptors (Lipinski definition) is 3. The number of carbonyl (C=O) groups excluding carboxylic acids is 1. The number of furan rings is 1. The van der Waals surface area contributed by atoms with Crippen molar-refractivity contribution in [3.8, 4) is 11.3 Å². The second-order valence-electron chi connectivity index (χ2n) is 5.65. The number of benzene rings is 1. The summed E-state index contributed by atoms with van der Waals surface area (Å²) in [6.07, 6.45) is -1.95. The first-order valence-corrected chi connectivity index (χ1v) is 7.42. The molecule has 1 aromatic carbocycles. The molecular formula is C17H13F4N3O2. The molecule has 0 saturated heterocycles. The van der Waals surface area contributed by atoms with Gasteiger partial charge in [-0.15, -0.1) is 0 Å². The van der Waals surface area contributed by atoms with Crippen molar-refractivity contribution in [1.29, 1.82) is 0 Å². The van der Waals surface area contributed by atoms with Crippen molar-refractivity contribution in [3.63, 3.8) is 0 Å². The zero-order chi connectivity index (χ0) is 19.1. The molecule has 0 fully saturated rings. The van der Waals surface area contributed by atoms with Gasteiger partial charge in [-0.3, -0.25) is 9.48 Å². The molecule has 2 heterocycles. The molecule has 5 nitrogen and oxygen atoms in total. The van der Waals surface area contributed by atoms with Crippen LogP contribution in [0.1, 0.15) is 21.6 Å². The standard InChI is InChI=1S/C17H13F4N3O2/c1-9-7-26-8-12(9)16(25)22-10-3-4-11(13(18)5-10)14-6-15(17(19,20)21)23-24(14)2/h3-8H,1-2H3,(H,22,25). The molecule has 0 bridgehead atoms. The zero-order valence-electron chi connectivity index (χ0n) is 13.7. The van der Waals surface area contributed by atoms with Gasteiger partial charge in [0.15, 0.2) is 5.69 Å². The minimum absolute atomic E-state index is 0.0293. The van der Waals surface area contributed by atoms with Gasteiger partial charge in [-0.1, -0.05) is 0 Å². The third-order valence-electron chi connectivity index (χ3n) is 3.77. The highest BCUT2D eigenvalue weighted by atomic mass is 19.4. The molecule has 0 spiro atoms. The van der Waals surface area contributed by atoms with E-state index in [9.17, 15) is 22.4 Å². The number of hydrogen-bond donors (Lipinski definition) is 1. The fourth-order valence-electron chi connectivity index (χ4n) is 2.45. The SMILES string of the molecule is Cc1cocc1C(=O)Nc1ccc(-c2cc(C(F)(F)F)nn2C)c(F)c1. The summed E-state index contributed by atoms with van der Waals surface area (Å²) < 4.78 is 58.5. The lowest BCUT2D eigenvalue weighted by atomic mass is 10.1. The average molecular weight is 367 g/mol. The first-order valence-electron chi connectivity index (χ1n) is 7.42. The summed E-state index contributed by atoms with van der Waals surface area (Å²) >= 11 is 0. The molecule has 3 rings (SSSR count). The maximum atomic E-state index is 14.4. The van der Waals surface area contributed by atoms with Crippen LogP contribution in [0.2, 0.25) is 0 Å². The minimum Gasteiger partial charge on any atom is -0.471 e. The van der Waals surface area contributed by atoms with Crippen molar-refractivity contribution in [2.75, 3.05) is 5.32 Å². The van der Waals surface area contributed by atoms with E-state index in [1.54, 1.807) is 6.92 Å². The second kappa shape index (κ2) is 6.32. The van der Waals surface area contributed by atoms with Gasteiger partial charge in [-0.25, -0.2) is 4.39 Å². The Hall–Kier alpha value is -3.10. The molecule has 0 unspecified atom stereocenters. The molecule has 0 saturated carbocycles. The van der Waals surface area contributed by atoms with E-state index in [-0.39, 0.29) is 16.9 Å². The first-order chi connectivity index (χ1) is 12.2. The van der Waals surface area contributed by atoms with E-state index in [1.165, 1.54) is 31.7 Å². The average Bonchev–Trinajstić information content (AvgIpc) is 3.13. The minimum atomic E-state index is -4.62. The Morgan fingerprint density at radius 3 is 2.50 bits per heavy atom. The molecule has 1 N–H and O–H groups in total. The van der Waals surface area contributed by atoms with Crippen molar-refractivity contribution < 1.29 is 26.8 Å². The predicted molar refractivity (Wildman–Crippen MR) is 85.0 cm³/mol. The number of alkyl halides is 3. The van der Waals surface area contributed by atoms with Crippen LogP contribution in [0, 0.1) is 12.7 Å². The van der Waals surface area contributed by atoms with E-state index in [0.29, 0.717) is 11.1 Å². The molecule has 9 heteroatoms. The number of anilines is 1. The summed E-state index contributed by atoms with van der Waals surface area (Å²) in [5, 5.41) is 5.87. The quantitative estimate of drug-likeness (QED) is 0.698. The van der Waals surface area contributed by atoms with Gasteiger partial charge >= 0.3 is 6.18 Å². The van der Waals surface area contributed by atoms with Gasteiger partial charge in [0.05, 0.1) is 17.5 Å². The lowest BCUT2D eigenvalue weighted by molar-refractivity contribution is -0.141. The number of amides is 1. The molecule has 0 atom stereocenters. The van der Waals surface area contributed by atoms with Crippen LogP contribution < -0.4 is 5.32 Å². The highest BCUT2D eigenvalue weighted by Crippen LogP contribution is 2.32. The van der Waals surface area contributed by atoms with Gasteiger partial charge in [-0.2, -0.15) is 18.3 Å². The second-order valence-corrected chi connectivity index (χ2v) is 5.65. The Morgan fingerprint density at radius 1 is 1.23 bits per heavy atom. The lowest BCUT2D eigenvalue weighted by Crippen LogP contribution is -2.12. The Labute approximate surface area is 145 Å². The van der Waals surface area contributed by atoms with Gasteiger partial charge in [0, 0.05) is 18.3 Å². The van der Waals surface area contributed by atoms with Crippen LogP contribution in [-0.2, 0) is 13.2 Å². The topological polar surface area (TPSA) is 60.1 Å². The van der Waals surface area contributed by atoms with E-state index in [1.807, 2.05) is 0 Å². The lowest BCUT2D eigenvalue weighted by Gasteiger charge is -2.08. The van der Waals surface area contributed by atoms with E-state index < -0.39 is 23.6 Å². The summed E-state index contributed by atoms with van der Waals surface area (Å²) in [4.78, 5) is 12.1. The smallest absolute Gasteiger partial charge is 0.435 e. The third-order valence-corrected chi connectivity index (χ3v) is 3.77. The molecule has 2 aromatic heterocycles. The van der Waals surface area contributed by atoms with Crippen LogP contribution in [0.3, 0.4) is 0 Å². The van der Waals surface area contributed by atoms with Crippen molar-refractivity contribution >= 4 is 11.6 Å². The summed E-state index contributed by atoms with van der Waals surface area (Å²) in [7, 11) is 1.29. The molecule has 0 aliphatic carbocycles. The number of aryl methyl sites for hydroxylation is 2. The van der Waals surface area contributed by atoms with Crippen molar-refractivity contribution in [2.24, 2.45) is 7.05 Å². The van der Waals surface area contributed by atoms with Crippen LogP contribution in [0.25, 0.3) is 11.3 Å². The van der Waals surface area contributed by atoms with Crippen LogP contribution in [0.15, 0.2) is 41.2 Å². The van der Waals surface area contributed by atoms with Gasteiger partial charge in [0.25, 0.3) is 5.91 Å². The fraction of sp³-hybridized carbons (Fsp3) is 0.176. The van der Waals surface area contributed by atoms with E-state index in [0.717, 1.165) is 16.8 Å². The monoisotopic (exact) mass is 367 g/mol. The Morgan fingerprint density at radius 2 is 1.96 bits per heavy atom. The number of rotatable bonds is 3. The summed E-state index contributed by atoms with van der Waals surface area (Å²) in [5.41, 5.74) is -0.117. The number of nitrogens with zero attached hydrogens (tertiary/aromatic N) is 2. The van der Waals surface area contributed by atoms with E-state index in [2.05, 4.69) is 10.4 Å². The highest BCUT2D eigenvalue weighted by Gasteiger charge is 2.35. The van der Waals surface area contributed by atoms with E-state index in [4.69, 9.17) is 4.42 Å². The fourth-order valence-corrected chi connectivity index (χ4v) is 2.45. The van der Waals surface area contributed by atoms with Gasteiger partial charge in [0.2, 0.25) is 0 Å². The maximum Gasteiger partial charge on any atom is 0.435 e. The molecule has 1 amide bonds. The van der Waals surface area contributed by atoms with Gasteiger partial charge in [0.1, 0.15) is 12.1 Å². The summed E-state index contributed by atoms with van der Waals surface area (Å²) in [6.45, 7) is 1.68. The normalized spacial score (nSPS) is 11.6. The van der Waals surface area contributed by atoms with Gasteiger partial charge in [-0.05, 0) is 36.8 Å². The largest absolute Gasteiger partial charge is 0.471 e. The number of carbonyl (C=O) groups is 1. The molecule has 0 aliphatic heterocycles. The van der Waals surface area contributed by atoms with Crippen molar-refractivity contribution in [2.45, 2.75) is 13.1 Å². The number of aromatic nitrogens is 2. The van der Waals surface area contributed by atoms with Crippen LogP contribution in [0.5, 0.6) is 0 Å². The Kier molecular flexibility index (Phi) is 4.31. The molecule has 0 radical (unpaired) electrons.